The third-order valence-electron chi connectivity index (χ3n) is 4.64. The van der Waals surface area contributed by atoms with Crippen LogP contribution in [0.15, 0.2) is 32.5 Å². The summed E-state index contributed by atoms with van der Waals surface area (Å²) in [5, 5.41) is 28.6. The van der Waals surface area contributed by atoms with E-state index in [4.69, 9.17) is 9.77 Å². The maximum atomic E-state index is 13.4. The Balaban J connectivity index is 1.65. The Morgan fingerprint density at radius 3 is 2.62 bits per heavy atom. The second kappa shape index (κ2) is 9.15. The van der Waals surface area contributed by atoms with E-state index in [1.54, 1.807) is 12.1 Å². The van der Waals surface area contributed by atoms with Crippen LogP contribution < -0.4 is 15.2 Å². The van der Waals surface area contributed by atoms with Gasteiger partial charge in [-0.3, -0.25) is 0 Å². The van der Waals surface area contributed by atoms with Crippen molar-refractivity contribution in [1.29, 1.82) is 0 Å². The van der Waals surface area contributed by atoms with E-state index in [1.165, 1.54) is 6.07 Å². The number of oxime groups is 1. The molecule has 0 aliphatic heterocycles. The average molecular weight is 491 g/mol. The topological polar surface area (TPSA) is 156 Å². The van der Waals surface area contributed by atoms with Crippen LogP contribution in [0.25, 0.3) is 0 Å². The number of halogens is 2. The molecule has 1 aliphatic rings. The van der Waals surface area contributed by atoms with Gasteiger partial charge in [-0.15, -0.1) is 0 Å². The second-order valence-corrected chi connectivity index (χ2v) is 8.97. The van der Waals surface area contributed by atoms with Crippen LogP contribution >= 0.6 is 15.9 Å². The van der Waals surface area contributed by atoms with Crippen LogP contribution in [-0.2, 0) is 16.6 Å². The van der Waals surface area contributed by atoms with Crippen molar-refractivity contribution in [3.8, 4) is 0 Å². The Morgan fingerprint density at radius 2 is 2.00 bits per heavy atom. The summed E-state index contributed by atoms with van der Waals surface area (Å²) in [7, 11) is -3.73. The lowest BCUT2D eigenvalue weighted by molar-refractivity contribution is 0.303. The molecular weight excluding hydrogens is 471 g/mol. The lowest BCUT2D eigenvalue weighted by Gasteiger charge is -2.28. The maximum Gasteiger partial charge on any atom is 0.274 e. The van der Waals surface area contributed by atoms with Crippen LogP contribution in [0.3, 0.4) is 0 Å². The normalized spacial score (nSPS) is 20.6. The molecule has 1 aliphatic carbocycles. The molecule has 1 saturated carbocycles. The summed E-state index contributed by atoms with van der Waals surface area (Å²) in [5.41, 5.74) is 1.16. The summed E-state index contributed by atoms with van der Waals surface area (Å²) in [4.78, 5) is 0. The zero-order chi connectivity index (χ0) is 21.0. The highest BCUT2D eigenvalue weighted by Crippen LogP contribution is 2.24. The van der Waals surface area contributed by atoms with Gasteiger partial charge in [0.25, 0.3) is 10.2 Å². The smallest absolute Gasteiger partial charge is 0.274 e. The van der Waals surface area contributed by atoms with Gasteiger partial charge in [-0.2, -0.15) is 13.1 Å². The highest BCUT2D eigenvalue weighted by molar-refractivity contribution is 9.10. The van der Waals surface area contributed by atoms with Gasteiger partial charge >= 0.3 is 0 Å². The lowest BCUT2D eigenvalue weighted by Crippen LogP contribution is -2.43. The lowest BCUT2D eigenvalue weighted by atomic mass is 9.92. The molecule has 0 spiro atoms. The van der Waals surface area contributed by atoms with E-state index in [-0.39, 0.29) is 29.9 Å². The van der Waals surface area contributed by atoms with Gasteiger partial charge < -0.3 is 10.5 Å². The van der Waals surface area contributed by atoms with E-state index in [9.17, 15) is 18.0 Å². The molecule has 0 bridgehead atoms. The molecule has 10 nitrogen and oxygen atoms in total. The minimum atomic E-state index is -3.73. The van der Waals surface area contributed by atoms with E-state index in [1.807, 2.05) is 0 Å². The first-order valence-electron chi connectivity index (χ1n) is 8.79. The number of anilines is 1. The van der Waals surface area contributed by atoms with Crippen molar-refractivity contribution >= 4 is 37.7 Å². The van der Waals surface area contributed by atoms with Crippen LogP contribution in [0.5, 0.6) is 0 Å². The zero-order valence-electron chi connectivity index (χ0n) is 15.2. The quantitative estimate of drug-likeness (QED) is 0.262. The van der Waals surface area contributed by atoms with Crippen LogP contribution in [0.2, 0.25) is 0 Å². The fraction of sp³-hybridized carbons (Fsp3) is 0.438. The Labute approximate surface area is 175 Å². The molecule has 2 aromatic rings. The minimum Gasteiger partial charge on any atom is -0.411 e. The highest BCUT2D eigenvalue weighted by atomic mass is 79.9. The SMILES string of the molecule is NS(=O)(=O)NC1CCC(Nc2nonc2C(Cc2ccc(F)c(Br)c2)=NO)CC1. The van der Waals surface area contributed by atoms with Gasteiger partial charge in [-0.05, 0) is 69.6 Å². The van der Waals surface area contributed by atoms with Gasteiger partial charge in [0.05, 0.1) is 4.47 Å². The van der Waals surface area contributed by atoms with Crippen molar-refractivity contribution in [2.45, 2.75) is 44.2 Å². The van der Waals surface area contributed by atoms with Crippen molar-refractivity contribution < 1.29 is 22.6 Å². The van der Waals surface area contributed by atoms with Gasteiger partial charge in [0.2, 0.25) is 5.82 Å². The third-order valence-corrected chi connectivity index (χ3v) is 5.91. The molecule has 158 valence electrons. The number of nitrogens with zero attached hydrogens (tertiary/aromatic N) is 3. The van der Waals surface area contributed by atoms with Crippen molar-refractivity contribution in [1.82, 2.24) is 15.0 Å². The van der Waals surface area contributed by atoms with E-state index in [0.717, 1.165) is 0 Å². The molecule has 1 aromatic heterocycles. The fourth-order valence-electron chi connectivity index (χ4n) is 3.26. The van der Waals surface area contributed by atoms with Gasteiger partial charge in [0, 0.05) is 18.5 Å². The summed E-state index contributed by atoms with van der Waals surface area (Å²) >= 11 is 3.12. The minimum absolute atomic E-state index is 0.0130. The van der Waals surface area contributed by atoms with Crippen molar-refractivity contribution in [3.05, 3.63) is 39.7 Å². The van der Waals surface area contributed by atoms with E-state index < -0.39 is 16.0 Å². The molecule has 0 atom stereocenters. The molecule has 1 fully saturated rings. The summed E-state index contributed by atoms with van der Waals surface area (Å²) < 4.78 is 43.2. The van der Waals surface area contributed by atoms with E-state index in [0.29, 0.717) is 41.5 Å². The monoisotopic (exact) mass is 490 g/mol. The first-order chi connectivity index (χ1) is 13.7. The van der Waals surface area contributed by atoms with Crippen LogP contribution in [0.4, 0.5) is 10.2 Å². The molecule has 3 rings (SSSR count). The molecule has 0 amide bonds. The number of aromatic nitrogens is 2. The molecule has 5 N–H and O–H groups in total. The number of nitrogens with one attached hydrogen (secondary N) is 2. The van der Waals surface area contributed by atoms with E-state index in [2.05, 4.69) is 41.4 Å². The standard InChI is InChI=1S/C16H20BrFN6O4S/c17-12-7-9(1-6-13(12)18)8-14(21-25)15-16(23-28-22-15)20-10-2-4-11(5-3-10)24-29(19,26)27/h1,6-7,10-11,24-25H,2-5,8H2,(H,20,23)(H2,19,26,27). The zero-order valence-corrected chi connectivity index (χ0v) is 17.6. The predicted octanol–water partition coefficient (Wildman–Crippen LogP) is 1.91. The van der Waals surface area contributed by atoms with Crippen LogP contribution in [-0.4, -0.2) is 41.7 Å². The Hall–Kier alpha value is -2.09. The van der Waals surface area contributed by atoms with Crippen LogP contribution in [0.1, 0.15) is 36.9 Å². The first kappa shape index (κ1) is 21.6. The number of rotatable bonds is 7. The molecular formula is C16H20BrFN6O4S. The van der Waals surface area contributed by atoms with Crippen molar-refractivity contribution in [2.75, 3.05) is 5.32 Å². The Morgan fingerprint density at radius 1 is 1.31 bits per heavy atom. The summed E-state index contributed by atoms with van der Waals surface area (Å²) in [6.45, 7) is 0. The van der Waals surface area contributed by atoms with Gasteiger partial charge in [-0.1, -0.05) is 11.2 Å². The predicted molar refractivity (Wildman–Crippen MR) is 106 cm³/mol. The van der Waals surface area contributed by atoms with E-state index >= 15 is 0 Å². The molecule has 1 heterocycles. The molecule has 29 heavy (non-hydrogen) atoms. The first-order valence-corrected chi connectivity index (χ1v) is 11.1. The summed E-state index contributed by atoms with van der Waals surface area (Å²) in [5.74, 6) is -0.0731. The average Bonchev–Trinajstić information content (AvgIpc) is 3.11. The molecule has 0 radical (unpaired) electrons. The maximum absolute atomic E-state index is 13.4. The molecule has 1 aromatic carbocycles. The Kier molecular flexibility index (Phi) is 6.82. The fourth-order valence-corrected chi connectivity index (χ4v) is 4.39. The van der Waals surface area contributed by atoms with Crippen LogP contribution in [0, 0.1) is 5.82 Å². The third kappa shape index (κ3) is 5.95. The number of hydrogen-bond acceptors (Lipinski definition) is 8. The largest absolute Gasteiger partial charge is 0.411 e. The van der Waals surface area contributed by atoms with Gasteiger partial charge in [0.15, 0.2) is 5.69 Å². The Bertz CT molecular complexity index is 991. The van der Waals surface area contributed by atoms with Crippen molar-refractivity contribution in [2.24, 2.45) is 10.3 Å². The van der Waals surface area contributed by atoms with Gasteiger partial charge in [-0.25, -0.2) is 14.2 Å². The molecule has 0 unspecified atom stereocenters. The summed E-state index contributed by atoms with van der Waals surface area (Å²) in [6, 6.07) is 4.28. The van der Waals surface area contributed by atoms with Gasteiger partial charge in [0.1, 0.15) is 11.5 Å². The van der Waals surface area contributed by atoms with Crippen molar-refractivity contribution in [3.63, 3.8) is 0 Å². The number of benzene rings is 1. The number of hydrogen-bond donors (Lipinski definition) is 4. The summed E-state index contributed by atoms with van der Waals surface area (Å²) in [6.07, 6.45) is 2.76. The molecule has 13 heteroatoms. The molecule has 0 saturated heterocycles. The second-order valence-electron chi connectivity index (χ2n) is 6.79. The highest BCUT2D eigenvalue weighted by Gasteiger charge is 2.26. The number of nitrogens with two attached hydrogens (primary N) is 1.